The van der Waals surface area contributed by atoms with Gasteiger partial charge in [-0.05, 0) is 38.3 Å². The van der Waals surface area contributed by atoms with E-state index in [0.717, 1.165) is 25.8 Å². The van der Waals surface area contributed by atoms with Gasteiger partial charge in [0, 0.05) is 19.1 Å². The number of hydrogen-bond donors (Lipinski definition) is 2. The predicted octanol–water partition coefficient (Wildman–Crippen LogP) is 1.06. The number of carbonyl (C=O) groups is 2. The average molecular weight is 292 g/mol. The largest absolute Gasteiger partial charge is 0.481 e. The van der Waals surface area contributed by atoms with Crippen molar-refractivity contribution in [3.63, 3.8) is 0 Å². The molecule has 0 radical (unpaired) electrons. The molecule has 0 bridgehead atoms. The predicted molar refractivity (Wildman–Crippen MR) is 77.3 cm³/mol. The van der Waals surface area contributed by atoms with E-state index < -0.39 is 5.97 Å². The number of anilines is 1. The molecule has 0 aromatic carbocycles. The van der Waals surface area contributed by atoms with Crippen molar-refractivity contribution in [2.45, 2.75) is 38.6 Å². The quantitative estimate of drug-likeness (QED) is 0.842. The molecule has 1 aromatic rings. The standard InChI is InChI=1S/C14H20N4O3/c1-2-15-14(21)11-6-7-12(17-16-11)18-8-4-3-5-10(18)9-13(19)20/h6-7,10H,2-5,8-9H2,1H3,(H,15,21)(H,19,20). The van der Waals surface area contributed by atoms with Crippen molar-refractivity contribution in [1.82, 2.24) is 15.5 Å². The molecule has 1 saturated heterocycles. The number of nitrogens with zero attached hydrogens (tertiary/aromatic N) is 3. The Hall–Kier alpha value is -2.18. The van der Waals surface area contributed by atoms with Gasteiger partial charge in [-0.2, -0.15) is 0 Å². The van der Waals surface area contributed by atoms with Crippen molar-refractivity contribution in [3.8, 4) is 0 Å². The van der Waals surface area contributed by atoms with Crippen LogP contribution < -0.4 is 10.2 Å². The number of nitrogens with one attached hydrogen (secondary N) is 1. The second-order valence-electron chi connectivity index (χ2n) is 5.08. The van der Waals surface area contributed by atoms with Crippen LogP contribution in [0.5, 0.6) is 0 Å². The Bertz CT molecular complexity index is 503. The molecule has 21 heavy (non-hydrogen) atoms. The number of amides is 1. The normalized spacial score (nSPS) is 18.3. The Balaban J connectivity index is 2.12. The second kappa shape index (κ2) is 7.01. The van der Waals surface area contributed by atoms with E-state index in [-0.39, 0.29) is 24.1 Å². The van der Waals surface area contributed by atoms with E-state index in [0.29, 0.717) is 12.4 Å². The molecule has 2 N–H and O–H groups in total. The summed E-state index contributed by atoms with van der Waals surface area (Å²) in [5.74, 6) is -0.426. The second-order valence-corrected chi connectivity index (χ2v) is 5.08. The van der Waals surface area contributed by atoms with E-state index in [1.54, 1.807) is 12.1 Å². The fourth-order valence-corrected chi connectivity index (χ4v) is 2.57. The molecule has 1 aliphatic heterocycles. The summed E-state index contributed by atoms with van der Waals surface area (Å²) in [4.78, 5) is 24.6. The number of aromatic nitrogens is 2. The van der Waals surface area contributed by atoms with Crippen LogP contribution in [0.3, 0.4) is 0 Å². The van der Waals surface area contributed by atoms with E-state index >= 15 is 0 Å². The van der Waals surface area contributed by atoms with Crippen LogP contribution in [0.1, 0.15) is 43.1 Å². The Morgan fingerprint density at radius 2 is 2.19 bits per heavy atom. The van der Waals surface area contributed by atoms with Crippen molar-refractivity contribution in [3.05, 3.63) is 17.8 Å². The van der Waals surface area contributed by atoms with E-state index in [2.05, 4.69) is 15.5 Å². The summed E-state index contributed by atoms with van der Waals surface area (Å²) in [6, 6.07) is 3.30. The highest BCUT2D eigenvalue weighted by Gasteiger charge is 2.26. The van der Waals surface area contributed by atoms with Crippen LogP contribution in [-0.4, -0.2) is 46.3 Å². The fourth-order valence-electron chi connectivity index (χ4n) is 2.57. The zero-order valence-electron chi connectivity index (χ0n) is 12.1. The highest BCUT2D eigenvalue weighted by atomic mass is 16.4. The summed E-state index contributed by atoms with van der Waals surface area (Å²) in [6.07, 6.45) is 2.97. The number of piperidine rings is 1. The third-order valence-electron chi connectivity index (χ3n) is 3.55. The van der Waals surface area contributed by atoms with Gasteiger partial charge in [-0.25, -0.2) is 0 Å². The summed E-state index contributed by atoms with van der Waals surface area (Å²) in [5.41, 5.74) is 0.271. The zero-order chi connectivity index (χ0) is 15.2. The number of hydrogen-bond acceptors (Lipinski definition) is 5. The molecule has 1 fully saturated rings. The lowest BCUT2D eigenvalue weighted by atomic mass is 9.99. The lowest BCUT2D eigenvalue weighted by Gasteiger charge is -2.35. The van der Waals surface area contributed by atoms with Crippen molar-refractivity contribution >= 4 is 17.7 Å². The van der Waals surface area contributed by atoms with Crippen LogP contribution in [-0.2, 0) is 4.79 Å². The smallest absolute Gasteiger partial charge is 0.305 e. The maximum absolute atomic E-state index is 11.6. The topological polar surface area (TPSA) is 95.4 Å². The Morgan fingerprint density at radius 1 is 1.38 bits per heavy atom. The summed E-state index contributed by atoms with van der Waals surface area (Å²) in [6.45, 7) is 3.14. The molecule has 0 spiro atoms. The molecule has 0 saturated carbocycles. The minimum Gasteiger partial charge on any atom is -0.481 e. The van der Waals surface area contributed by atoms with E-state index in [9.17, 15) is 9.59 Å². The van der Waals surface area contributed by atoms with Crippen molar-refractivity contribution < 1.29 is 14.7 Å². The summed E-state index contributed by atoms with van der Waals surface area (Å²) in [7, 11) is 0. The van der Waals surface area contributed by atoms with Crippen molar-refractivity contribution in [1.29, 1.82) is 0 Å². The van der Waals surface area contributed by atoms with E-state index in [1.165, 1.54) is 0 Å². The zero-order valence-corrected chi connectivity index (χ0v) is 12.1. The molecule has 2 heterocycles. The first kappa shape index (κ1) is 15.2. The Labute approximate surface area is 123 Å². The van der Waals surface area contributed by atoms with Gasteiger partial charge in [-0.15, -0.1) is 10.2 Å². The molecule has 114 valence electrons. The highest BCUT2D eigenvalue weighted by Crippen LogP contribution is 2.24. The minimum atomic E-state index is -0.807. The van der Waals surface area contributed by atoms with Gasteiger partial charge < -0.3 is 15.3 Å². The lowest BCUT2D eigenvalue weighted by molar-refractivity contribution is -0.137. The Morgan fingerprint density at radius 3 is 2.81 bits per heavy atom. The number of aliphatic carboxylic acids is 1. The maximum Gasteiger partial charge on any atom is 0.305 e. The highest BCUT2D eigenvalue weighted by molar-refractivity contribution is 5.92. The van der Waals surface area contributed by atoms with E-state index in [1.807, 2.05) is 11.8 Å². The number of rotatable bonds is 5. The minimum absolute atomic E-state index is 0.0548. The van der Waals surface area contributed by atoms with Gasteiger partial charge in [0.15, 0.2) is 11.5 Å². The van der Waals surface area contributed by atoms with Gasteiger partial charge in [0.1, 0.15) is 0 Å². The van der Waals surface area contributed by atoms with Gasteiger partial charge in [-0.1, -0.05) is 0 Å². The van der Waals surface area contributed by atoms with Crippen LogP contribution in [0.15, 0.2) is 12.1 Å². The number of carbonyl (C=O) groups excluding carboxylic acids is 1. The first-order valence-electron chi connectivity index (χ1n) is 7.22. The molecule has 1 aromatic heterocycles. The molecule has 2 rings (SSSR count). The first-order valence-corrected chi connectivity index (χ1v) is 7.22. The molecule has 7 nitrogen and oxygen atoms in total. The van der Waals surface area contributed by atoms with Crippen LogP contribution in [0.4, 0.5) is 5.82 Å². The van der Waals surface area contributed by atoms with Crippen LogP contribution in [0.25, 0.3) is 0 Å². The molecule has 1 atom stereocenters. The monoisotopic (exact) mass is 292 g/mol. The SMILES string of the molecule is CCNC(=O)c1ccc(N2CCCCC2CC(=O)O)nn1. The van der Waals surface area contributed by atoms with Crippen molar-refractivity contribution in [2.24, 2.45) is 0 Å². The molecular formula is C14H20N4O3. The van der Waals surface area contributed by atoms with Gasteiger partial charge in [0.25, 0.3) is 5.91 Å². The fraction of sp³-hybridized carbons (Fsp3) is 0.571. The summed E-state index contributed by atoms with van der Waals surface area (Å²) < 4.78 is 0. The van der Waals surface area contributed by atoms with Crippen LogP contribution in [0, 0.1) is 0 Å². The lowest BCUT2D eigenvalue weighted by Crippen LogP contribution is -2.41. The molecule has 1 aliphatic rings. The van der Waals surface area contributed by atoms with Crippen LogP contribution in [0.2, 0.25) is 0 Å². The first-order chi connectivity index (χ1) is 10.1. The molecular weight excluding hydrogens is 272 g/mol. The molecule has 1 unspecified atom stereocenters. The Kier molecular flexibility index (Phi) is 5.08. The molecule has 0 aliphatic carbocycles. The molecule has 1 amide bonds. The van der Waals surface area contributed by atoms with Crippen molar-refractivity contribution in [2.75, 3.05) is 18.0 Å². The molecule has 7 heteroatoms. The van der Waals surface area contributed by atoms with Gasteiger partial charge >= 0.3 is 5.97 Å². The van der Waals surface area contributed by atoms with Gasteiger partial charge in [0.2, 0.25) is 0 Å². The summed E-state index contributed by atoms with van der Waals surface area (Å²) >= 11 is 0. The van der Waals surface area contributed by atoms with Gasteiger partial charge in [0.05, 0.1) is 6.42 Å². The number of carboxylic acids is 1. The van der Waals surface area contributed by atoms with E-state index in [4.69, 9.17) is 5.11 Å². The third-order valence-corrected chi connectivity index (χ3v) is 3.55. The maximum atomic E-state index is 11.6. The number of carboxylic acid groups (broad SMARTS) is 1. The van der Waals surface area contributed by atoms with Gasteiger partial charge in [-0.3, -0.25) is 9.59 Å². The summed E-state index contributed by atoms with van der Waals surface area (Å²) in [5, 5.41) is 19.7. The van der Waals surface area contributed by atoms with Crippen LogP contribution >= 0.6 is 0 Å². The average Bonchev–Trinajstić information content (AvgIpc) is 2.48. The third kappa shape index (κ3) is 3.90.